The average molecular weight is 212 g/mol. The van der Waals surface area contributed by atoms with E-state index in [2.05, 4.69) is 20.4 Å². The van der Waals surface area contributed by atoms with Crippen LogP contribution in [0.3, 0.4) is 0 Å². The predicted molar refractivity (Wildman–Crippen MR) is 54.1 cm³/mol. The fraction of sp³-hybridized carbons (Fsp3) is 0.667. The Morgan fingerprint density at radius 3 is 3.07 bits per heavy atom. The number of rotatable bonds is 6. The summed E-state index contributed by atoms with van der Waals surface area (Å²) in [6.07, 6.45) is 3.82. The molecule has 0 saturated heterocycles. The first-order valence-electron chi connectivity index (χ1n) is 4.86. The Kier molecular flexibility index (Phi) is 4.76. The first kappa shape index (κ1) is 11.6. The highest BCUT2D eigenvalue weighted by Crippen LogP contribution is 1.92. The van der Waals surface area contributed by atoms with E-state index >= 15 is 0 Å². The summed E-state index contributed by atoms with van der Waals surface area (Å²) in [7, 11) is 1.39. The molecule has 1 unspecified atom stereocenters. The lowest BCUT2D eigenvalue weighted by molar-refractivity contribution is -0.141. The molecule has 0 amide bonds. The highest BCUT2D eigenvalue weighted by atomic mass is 16.5. The van der Waals surface area contributed by atoms with Crippen LogP contribution in [0.15, 0.2) is 12.4 Å². The van der Waals surface area contributed by atoms with Crippen molar-refractivity contribution < 1.29 is 9.53 Å². The summed E-state index contributed by atoms with van der Waals surface area (Å²) < 4.78 is 6.30. The molecule has 1 aromatic rings. The van der Waals surface area contributed by atoms with Crippen molar-refractivity contribution in [3.63, 3.8) is 0 Å². The predicted octanol–water partition coefficient (Wildman–Crippen LogP) is -0.181. The Morgan fingerprint density at radius 2 is 2.47 bits per heavy atom. The second kappa shape index (κ2) is 6.13. The monoisotopic (exact) mass is 212 g/mol. The van der Waals surface area contributed by atoms with E-state index in [-0.39, 0.29) is 12.0 Å². The Balaban J connectivity index is 2.12. The van der Waals surface area contributed by atoms with Crippen molar-refractivity contribution in [3.05, 3.63) is 12.4 Å². The van der Waals surface area contributed by atoms with Crippen molar-refractivity contribution in [2.24, 2.45) is 0 Å². The number of methoxy groups -OCH3 is 1. The fourth-order valence-corrected chi connectivity index (χ4v) is 1.18. The van der Waals surface area contributed by atoms with Gasteiger partial charge in [0.2, 0.25) is 0 Å². The van der Waals surface area contributed by atoms with Crippen LogP contribution in [0.4, 0.5) is 0 Å². The molecule has 84 valence electrons. The third-order valence-electron chi connectivity index (χ3n) is 2.01. The van der Waals surface area contributed by atoms with Gasteiger partial charge in [-0.15, -0.1) is 5.10 Å². The number of ether oxygens (including phenoxy) is 1. The summed E-state index contributed by atoms with van der Waals surface area (Å²) in [6, 6.07) is 0.112. The van der Waals surface area contributed by atoms with Crippen molar-refractivity contribution in [1.82, 2.24) is 20.3 Å². The highest BCUT2D eigenvalue weighted by Gasteiger charge is 2.07. The van der Waals surface area contributed by atoms with Crippen LogP contribution < -0.4 is 5.32 Å². The smallest absolute Gasteiger partial charge is 0.307 e. The molecule has 6 heteroatoms. The fourth-order valence-electron chi connectivity index (χ4n) is 1.18. The Bertz CT molecular complexity index is 286. The van der Waals surface area contributed by atoms with E-state index in [0.29, 0.717) is 6.42 Å². The number of carbonyl (C=O) groups is 1. The first-order chi connectivity index (χ1) is 7.22. The van der Waals surface area contributed by atoms with E-state index < -0.39 is 0 Å². The van der Waals surface area contributed by atoms with Crippen LogP contribution >= 0.6 is 0 Å². The Morgan fingerprint density at radius 1 is 1.67 bits per heavy atom. The Labute approximate surface area is 88.6 Å². The third kappa shape index (κ3) is 4.55. The molecule has 0 aliphatic carbocycles. The zero-order valence-electron chi connectivity index (χ0n) is 9.01. The van der Waals surface area contributed by atoms with Crippen molar-refractivity contribution >= 4 is 5.97 Å². The molecule has 0 saturated carbocycles. The minimum atomic E-state index is -0.198. The molecule has 15 heavy (non-hydrogen) atoms. The molecular weight excluding hydrogens is 196 g/mol. The molecule has 1 aromatic heterocycles. The maximum Gasteiger partial charge on any atom is 0.307 e. The van der Waals surface area contributed by atoms with Crippen LogP contribution in [-0.4, -0.2) is 40.7 Å². The van der Waals surface area contributed by atoms with Crippen LogP contribution in [-0.2, 0) is 16.1 Å². The third-order valence-corrected chi connectivity index (χ3v) is 2.01. The summed E-state index contributed by atoms with van der Waals surface area (Å²) >= 11 is 0. The largest absolute Gasteiger partial charge is 0.469 e. The van der Waals surface area contributed by atoms with E-state index in [9.17, 15) is 4.79 Å². The van der Waals surface area contributed by atoms with E-state index in [1.807, 2.05) is 6.92 Å². The molecule has 0 spiro atoms. The van der Waals surface area contributed by atoms with Gasteiger partial charge in [0.05, 0.1) is 26.3 Å². The number of carbonyl (C=O) groups excluding carboxylic acids is 1. The van der Waals surface area contributed by atoms with Crippen molar-refractivity contribution in [2.45, 2.75) is 25.9 Å². The molecule has 1 N–H and O–H groups in total. The highest BCUT2D eigenvalue weighted by molar-refractivity contribution is 5.69. The van der Waals surface area contributed by atoms with Gasteiger partial charge < -0.3 is 10.1 Å². The molecule has 0 bridgehead atoms. The topological polar surface area (TPSA) is 69.0 Å². The molecule has 1 heterocycles. The van der Waals surface area contributed by atoms with E-state index in [1.54, 1.807) is 17.1 Å². The van der Waals surface area contributed by atoms with Crippen LogP contribution in [0.1, 0.15) is 13.3 Å². The van der Waals surface area contributed by atoms with Crippen LogP contribution in [0.5, 0.6) is 0 Å². The van der Waals surface area contributed by atoms with Crippen LogP contribution in [0, 0.1) is 0 Å². The van der Waals surface area contributed by atoms with E-state index in [0.717, 1.165) is 13.1 Å². The summed E-state index contributed by atoms with van der Waals surface area (Å²) in [6.45, 7) is 3.44. The number of nitrogens with one attached hydrogen (secondary N) is 1. The summed E-state index contributed by atoms with van der Waals surface area (Å²) in [4.78, 5) is 10.9. The summed E-state index contributed by atoms with van der Waals surface area (Å²) in [5.74, 6) is -0.198. The molecule has 0 fully saturated rings. The lowest BCUT2D eigenvalue weighted by Gasteiger charge is -2.11. The number of nitrogens with zero attached hydrogens (tertiary/aromatic N) is 3. The van der Waals surface area contributed by atoms with Gasteiger partial charge in [0.1, 0.15) is 0 Å². The number of esters is 1. The maximum atomic E-state index is 10.9. The minimum Gasteiger partial charge on any atom is -0.469 e. The molecule has 1 rings (SSSR count). The second-order valence-electron chi connectivity index (χ2n) is 3.30. The lowest BCUT2D eigenvalue weighted by Crippen LogP contribution is -2.31. The number of aromatic nitrogens is 3. The summed E-state index contributed by atoms with van der Waals surface area (Å²) in [5, 5.41) is 10.7. The van der Waals surface area contributed by atoms with Crippen molar-refractivity contribution in [1.29, 1.82) is 0 Å². The molecule has 6 nitrogen and oxygen atoms in total. The van der Waals surface area contributed by atoms with Gasteiger partial charge in [0.15, 0.2) is 0 Å². The second-order valence-corrected chi connectivity index (χ2v) is 3.30. The van der Waals surface area contributed by atoms with Crippen LogP contribution in [0.2, 0.25) is 0 Å². The quantitative estimate of drug-likeness (QED) is 0.662. The Hall–Kier alpha value is -1.43. The van der Waals surface area contributed by atoms with Gasteiger partial charge >= 0.3 is 5.97 Å². The lowest BCUT2D eigenvalue weighted by atomic mass is 10.2. The van der Waals surface area contributed by atoms with Gasteiger partial charge in [-0.2, -0.15) is 0 Å². The average Bonchev–Trinajstić information content (AvgIpc) is 2.70. The minimum absolute atomic E-state index is 0.112. The van der Waals surface area contributed by atoms with Gasteiger partial charge in [-0.25, -0.2) is 0 Å². The van der Waals surface area contributed by atoms with Crippen molar-refractivity contribution in [2.75, 3.05) is 13.7 Å². The molecule has 1 atom stereocenters. The number of hydrogen-bond donors (Lipinski definition) is 1. The molecule has 0 aliphatic rings. The van der Waals surface area contributed by atoms with Gasteiger partial charge in [-0.3, -0.25) is 9.48 Å². The van der Waals surface area contributed by atoms with Crippen LogP contribution in [0.25, 0.3) is 0 Å². The molecular formula is C9H16N4O2. The van der Waals surface area contributed by atoms with Gasteiger partial charge in [-0.1, -0.05) is 5.21 Å². The van der Waals surface area contributed by atoms with Crippen molar-refractivity contribution in [3.8, 4) is 0 Å². The maximum absolute atomic E-state index is 10.9. The molecule has 0 aromatic carbocycles. The molecule has 0 radical (unpaired) electrons. The van der Waals surface area contributed by atoms with Gasteiger partial charge in [0, 0.05) is 18.8 Å². The van der Waals surface area contributed by atoms with Gasteiger partial charge in [-0.05, 0) is 6.92 Å². The zero-order chi connectivity index (χ0) is 11.1. The molecule has 0 aliphatic heterocycles. The summed E-state index contributed by atoms with van der Waals surface area (Å²) in [5.41, 5.74) is 0. The standard InChI is InChI=1S/C9H16N4O2/c1-8(7-9(14)15-2)10-3-5-13-6-4-11-12-13/h4,6,8,10H,3,5,7H2,1-2H3. The first-order valence-corrected chi connectivity index (χ1v) is 4.86. The normalized spacial score (nSPS) is 12.4. The zero-order valence-corrected chi connectivity index (χ0v) is 9.01. The SMILES string of the molecule is COC(=O)CC(C)NCCn1ccnn1. The number of hydrogen-bond acceptors (Lipinski definition) is 5. The van der Waals surface area contributed by atoms with E-state index in [4.69, 9.17) is 0 Å². The van der Waals surface area contributed by atoms with E-state index in [1.165, 1.54) is 7.11 Å². The van der Waals surface area contributed by atoms with Gasteiger partial charge in [0.25, 0.3) is 0 Å².